The van der Waals surface area contributed by atoms with E-state index in [9.17, 15) is 0 Å². The third-order valence-electron chi connectivity index (χ3n) is 6.29. The number of imidazole rings is 1. The van der Waals surface area contributed by atoms with E-state index in [1.54, 1.807) is 0 Å². The fourth-order valence-corrected chi connectivity index (χ4v) is 4.84. The Morgan fingerprint density at radius 3 is 3.07 bits per heavy atom. The molecule has 0 radical (unpaired) electrons. The van der Waals surface area contributed by atoms with E-state index in [1.807, 2.05) is 6.20 Å². The maximum Gasteiger partial charge on any atom is 0.138 e. The van der Waals surface area contributed by atoms with Crippen molar-refractivity contribution in [2.45, 2.75) is 38.3 Å². The molecule has 0 saturated carbocycles. The molecule has 3 aromatic heterocycles. The van der Waals surface area contributed by atoms with Crippen LogP contribution in [0.3, 0.4) is 0 Å². The Bertz CT molecular complexity index is 972. The highest BCUT2D eigenvalue weighted by atomic mass is 15.2. The highest BCUT2D eigenvalue weighted by Gasteiger charge is 2.25. The SMILES string of the molecule is CN(Cc1cn2c(N3CCCNCC3)cccc2n1)C1CCCc2cccnc21. The molecule has 152 valence electrons. The summed E-state index contributed by atoms with van der Waals surface area (Å²) < 4.78 is 2.27. The predicted molar refractivity (Wildman–Crippen MR) is 116 cm³/mol. The van der Waals surface area contributed by atoms with Gasteiger partial charge in [0.2, 0.25) is 0 Å². The maximum absolute atomic E-state index is 4.94. The van der Waals surface area contributed by atoms with E-state index >= 15 is 0 Å². The molecule has 0 amide bonds. The molecule has 29 heavy (non-hydrogen) atoms. The van der Waals surface area contributed by atoms with E-state index in [4.69, 9.17) is 9.97 Å². The summed E-state index contributed by atoms with van der Waals surface area (Å²) in [5, 5.41) is 3.49. The van der Waals surface area contributed by atoms with E-state index in [0.29, 0.717) is 6.04 Å². The van der Waals surface area contributed by atoms with Crippen LogP contribution in [0.25, 0.3) is 5.65 Å². The van der Waals surface area contributed by atoms with E-state index < -0.39 is 0 Å². The number of nitrogens with one attached hydrogen (secondary N) is 1. The van der Waals surface area contributed by atoms with Gasteiger partial charge in [-0.25, -0.2) is 4.98 Å². The first-order valence-electron chi connectivity index (χ1n) is 10.9. The molecule has 4 heterocycles. The standard InChI is InChI=1S/C23H30N6/c1-27(20-8-2-6-18-7-4-12-25-23(18)20)16-19-17-29-21(26-19)9-3-10-22(29)28-14-5-11-24-13-15-28/h3-4,7,9-10,12,17,20,24H,2,5-6,8,11,13-16H2,1H3. The number of nitrogens with zero attached hydrogens (tertiary/aromatic N) is 5. The molecular formula is C23H30N6. The lowest BCUT2D eigenvalue weighted by Gasteiger charge is -2.31. The molecule has 6 heteroatoms. The highest BCUT2D eigenvalue weighted by Crippen LogP contribution is 2.32. The van der Waals surface area contributed by atoms with E-state index in [1.165, 1.54) is 36.3 Å². The summed E-state index contributed by atoms with van der Waals surface area (Å²) in [6.07, 6.45) is 8.87. The second kappa shape index (κ2) is 8.13. The fourth-order valence-electron chi connectivity index (χ4n) is 4.84. The molecule has 5 rings (SSSR count). The third kappa shape index (κ3) is 3.74. The zero-order valence-electron chi connectivity index (χ0n) is 17.2. The minimum absolute atomic E-state index is 0.376. The van der Waals surface area contributed by atoms with Gasteiger partial charge in [0.25, 0.3) is 0 Å². The average Bonchev–Trinajstić information content (AvgIpc) is 2.97. The summed E-state index contributed by atoms with van der Waals surface area (Å²) in [6, 6.07) is 11.1. The van der Waals surface area contributed by atoms with Crippen LogP contribution in [0.2, 0.25) is 0 Å². The fraction of sp³-hybridized carbons (Fsp3) is 0.478. The van der Waals surface area contributed by atoms with Crippen molar-refractivity contribution >= 4 is 11.5 Å². The molecule has 1 N–H and O–H groups in total. The summed E-state index contributed by atoms with van der Waals surface area (Å²) in [6.45, 7) is 5.10. The molecule has 3 aromatic rings. The van der Waals surface area contributed by atoms with Gasteiger partial charge in [-0.3, -0.25) is 14.3 Å². The molecule has 1 aliphatic heterocycles. The lowest BCUT2D eigenvalue weighted by Crippen LogP contribution is -2.29. The van der Waals surface area contributed by atoms with Crippen LogP contribution >= 0.6 is 0 Å². The topological polar surface area (TPSA) is 48.7 Å². The van der Waals surface area contributed by atoms with Crippen molar-refractivity contribution in [3.8, 4) is 0 Å². The molecule has 6 nitrogen and oxygen atoms in total. The van der Waals surface area contributed by atoms with Gasteiger partial charge >= 0.3 is 0 Å². The smallest absolute Gasteiger partial charge is 0.138 e. The maximum atomic E-state index is 4.94. The van der Waals surface area contributed by atoms with Crippen molar-refractivity contribution in [2.24, 2.45) is 0 Å². The molecular weight excluding hydrogens is 360 g/mol. The van der Waals surface area contributed by atoms with E-state index in [2.05, 4.69) is 63.1 Å². The number of aryl methyl sites for hydroxylation is 1. The van der Waals surface area contributed by atoms with Crippen LogP contribution in [0.1, 0.15) is 42.3 Å². The Labute approximate surface area is 172 Å². The van der Waals surface area contributed by atoms with Crippen LogP contribution in [0.15, 0.2) is 42.7 Å². The summed E-state index contributed by atoms with van der Waals surface area (Å²) in [5.74, 6) is 1.25. The Balaban J connectivity index is 1.39. The molecule has 1 saturated heterocycles. The quantitative estimate of drug-likeness (QED) is 0.742. The van der Waals surface area contributed by atoms with Crippen molar-refractivity contribution < 1.29 is 0 Å². The Hall–Kier alpha value is -2.44. The number of anilines is 1. The monoisotopic (exact) mass is 390 g/mol. The van der Waals surface area contributed by atoms with Crippen LogP contribution < -0.4 is 10.2 Å². The number of aromatic nitrogens is 3. The molecule has 2 aliphatic rings. The van der Waals surface area contributed by atoms with Crippen LogP contribution in [-0.2, 0) is 13.0 Å². The van der Waals surface area contributed by atoms with Crippen molar-refractivity contribution in [3.05, 3.63) is 59.7 Å². The summed E-state index contributed by atoms with van der Waals surface area (Å²) in [5.41, 5.74) is 4.81. The zero-order chi connectivity index (χ0) is 19.6. The van der Waals surface area contributed by atoms with E-state index in [0.717, 1.165) is 50.5 Å². The van der Waals surface area contributed by atoms with Crippen LogP contribution in [-0.4, -0.2) is 52.5 Å². The normalized spacial score (nSPS) is 20.1. The molecule has 1 aliphatic carbocycles. The average molecular weight is 391 g/mol. The summed E-state index contributed by atoms with van der Waals surface area (Å²) >= 11 is 0. The molecule has 1 unspecified atom stereocenters. The number of hydrogen-bond acceptors (Lipinski definition) is 5. The van der Waals surface area contributed by atoms with Crippen LogP contribution in [0.4, 0.5) is 5.82 Å². The lowest BCUT2D eigenvalue weighted by atomic mass is 9.91. The minimum Gasteiger partial charge on any atom is -0.356 e. The second-order valence-corrected chi connectivity index (χ2v) is 8.31. The van der Waals surface area contributed by atoms with Gasteiger partial charge in [0.05, 0.1) is 17.4 Å². The number of fused-ring (bicyclic) bond motifs is 2. The van der Waals surface area contributed by atoms with Gasteiger partial charge in [-0.1, -0.05) is 12.1 Å². The Morgan fingerprint density at radius 2 is 2.10 bits per heavy atom. The van der Waals surface area contributed by atoms with Crippen molar-refractivity contribution in [1.29, 1.82) is 0 Å². The number of rotatable bonds is 4. The zero-order valence-corrected chi connectivity index (χ0v) is 17.2. The molecule has 0 bridgehead atoms. The van der Waals surface area contributed by atoms with Crippen LogP contribution in [0, 0.1) is 0 Å². The Morgan fingerprint density at radius 1 is 1.14 bits per heavy atom. The largest absolute Gasteiger partial charge is 0.356 e. The first-order chi connectivity index (χ1) is 14.3. The molecule has 1 atom stereocenters. The Kier molecular flexibility index (Phi) is 5.21. The number of hydrogen-bond donors (Lipinski definition) is 1. The van der Waals surface area contributed by atoms with Gasteiger partial charge < -0.3 is 10.2 Å². The molecule has 1 fully saturated rings. The minimum atomic E-state index is 0.376. The van der Waals surface area contributed by atoms with Crippen LogP contribution in [0.5, 0.6) is 0 Å². The van der Waals surface area contributed by atoms with Gasteiger partial charge in [0, 0.05) is 38.6 Å². The van der Waals surface area contributed by atoms with Crippen molar-refractivity contribution in [1.82, 2.24) is 24.6 Å². The van der Waals surface area contributed by atoms with Gasteiger partial charge in [0.15, 0.2) is 0 Å². The first kappa shape index (κ1) is 18.6. The number of pyridine rings is 2. The van der Waals surface area contributed by atoms with Crippen molar-refractivity contribution in [3.63, 3.8) is 0 Å². The predicted octanol–water partition coefficient (Wildman–Crippen LogP) is 3.04. The highest BCUT2D eigenvalue weighted by molar-refractivity contribution is 5.52. The molecule has 0 aromatic carbocycles. The first-order valence-corrected chi connectivity index (χ1v) is 10.9. The molecule has 0 spiro atoms. The lowest BCUT2D eigenvalue weighted by molar-refractivity contribution is 0.206. The van der Waals surface area contributed by atoms with Gasteiger partial charge in [0.1, 0.15) is 11.5 Å². The van der Waals surface area contributed by atoms with Crippen molar-refractivity contribution in [2.75, 3.05) is 38.1 Å². The van der Waals surface area contributed by atoms with Gasteiger partial charge in [-0.15, -0.1) is 0 Å². The van der Waals surface area contributed by atoms with E-state index in [-0.39, 0.29) is 0 Å². The second-order valence-electron chi connectivity index (χ2n) is 8.31. The summed E-state index contributed by atoms with van der Waals surface area (Å²) in [4.78, 5) is 14.5. The summed E-state index contributed by atoms with van der Waals surface area (Å²) in [7, 11) is 2.21. The van der Waals surface area contributed by atoms with Gasteiger partial charge in [-0.05, 0) is 63.0 Å². The third-order valence-corrected chi connectivity index (χ3v) is 6.29. The van der Waals surface area contributed by atoms with Gasteiger partial charge in [-0.2, -0.15) is 0 Å².